The molecule has 0 aliphatic rings. The quantitative estimate of drug-likeness (QED) is 0.424. The lowest BCUT2D eigenvalue weighted by Gasteiger charge is -2.21. The second-order valence-electron chi connectivity index (χ2n) is 6.16. The van der Waals surface area contributed by atoms with E-state index in [-0.39, 0.29) is 24.0 Å². The Morgan fingerprint density at radius 3 is 2.36 bits per heavy atom. The van der Waals surface area contributed by atoms with Crippen LogP contribution >= 0.6 is 24.0 Å². The van der Waals surface area contributed by atoms with Crippen LogP contribution in [0.2, 0.25) is 0 Å². The lowest BCUT2D eigenvalue weighted by Crippen LogP contribution is -2.43. The number of benzene rings is 1. The molecule has 1 rings (SSSR count). The van der Waals surface area contributed by atoms with Crippen molar-refractivity contribution in [2.75, 3.05) is 21.1 Å². The minimum atomic E-state index is 0. The first-order valence-electron chi connectivity index (χ1n) is 7.62. The van der Waals surface area contributed by atoms with Crippen LogP contribution < -0.4 is 10.6 Å². The summed E-state index contributed by atoms with van der Waals surface area (Å²) in [5.41, 5.74) is 2.60. The van der Waals surface area contributed by atoms with E-state index in [0.717, 1.165) is 19.0 Å². The molecule has 4 nitrogen and oxygen atoms in total. The number of nitrogens with one attached hydrogen (secondary N) is 2. The summed E-state index contributed by atoms with van der Waals surface area (Å²) in [6.07, 6.45) is 0. The first kappa shape index (κ1) is 21.2. The molecule has 1 atom stereocenters. The highest BCUT2D eigenvalue weighted by molar-refractivity contribution is 14.0. The van der Waals surface area contributed by atoms with Gasteiger partial charge in [-0.25, -0.2) is 0 Å². The molecule has 1 unspecified atom stereocenters. The number of halogens is 1. The van der Waals surface area contributed by atoms with E-state index in [0.29, 0.717) is 12.0 Å². The van der Waals surface area contributed by atoms with Gasteiger partial charge in [0.25, 0.3) is 0 Å². The number of hydrogen-bond donors (Lipinski definition) is 2. The molecule has 0 radical (unpaired) electrons. The zero-order chi connectivity index (χ0) is 15.8. The summed E-state index contributed by atoms with van der Waals surface area (Å²) in [6, 6.07) is 9.06. The van der Waals surface area contributed by atoms with Crippen molar-refractivity contribution in [2.45, 2.75) is 39.9 Å². The Morgan fingerprint density at radius 2 is 1.82 bits per heavy atom. The van der Waals surface area contributed by atoms with Crippen molar-refractivity contribution < 1.29 is 0 Å². The maximum absolute atomic E-state index is 4.28. The van der Waals surface area contributed by atoms with Crippen molar-refractivity contribution in [3.63, 3.8) is 0 Å². The summed E-state index contributed by atoms with van der Waals surface area (Å²) in [7, 11) is 5.98. The van der Waals surface area contributed by atoms with Gasteiger partial charge in [-0.3, -0.25) is 4.99 Å². The normalized spacial score (nSPS) is 13.0. The van der Waals surface area contributed by atoms with Gasteiger partial charge in [0.2, 0.25) is 0 Å². The molecule has 0 saturated heterocycles. The molecule has 0 aliphatic carbocycles. The summed E-state index contributed by atoms with van der Waals surface area (Å²) in [5, 5.41) is 6.79. The zero-order valence-electron chi connectivity index (χ0n) is 14.7. The smallest absolute Gasteiger partial charge is 0.191 e. The summed E-state index contributed by atoms with van der Waals surface area (Å²) in [5.74, 6) is 1.43. The van der Waals surface area contributed by atoms with Crippen LogP contribution in [-0.2, 0) is 13.1 Å². The third kappa shape index (κ3) is 7.98. The van der Waals surface area contributed by atoms with E-state index >= 15 is 0 Å². The van der Waals surface area contributed by atoms with Crippen molar-refractivity contribution in [3.05, 3.63) is 35.4 Å². The van der Waals surface area contributed by atoms with E-state index < -0.39 is 0 Å². The summed E-state index contributed by atoms with van der Waals surface area (Å²) in [6.45, 7) is 8.33. The van der Waals surface area contributed by atoms with Crippen LogP contribution in [0.15, 0.2) is 29.3 Å². The number of nitrogens with zero attached hydrogens (tertiary/aromatic N) is 2. The Morgan fingerprint density at radius 1 is 1.18 bits per heavy atom. The van der Waals surface area contributed by atoms with Gasteiger partial charge >= 0.3 is 0 Å². The molecule has 126 valence electrons. The lowest BCUT2D eigenvalue weighted by atomic mass is 10.1. The van der Waals surface area contributed by atoms with Gasteiger partial charge < -0.3 is 15.5 Å². The fourth-order valence-corrected chi connectivity index (χ4v) is 1.97. The van der Waals surface area contributed by atoms with E-state index in [1.807, 2.05) is 7.05 Å². The van der Waals surface area contributed by atoms with Crippen LogP contribution in [0.3, 0.4) is 0 Å². The van der Waals surface area contributed by atoms with Crippen LogP contribution in [0.1, 0.15) is 31.9 Å². The Hall–Kier alpha value is -0.820. The molecule has 5 heteroatoms. The molecule has 0 aromatic heterocycles. The van der Waals surface area contributed by atoms with Crippen molar-refractivity contribution >= 4 is 29.9 Å². The number of aliphatic imine (C=N–C) groups is 1. The fourth-order valence-electron chi connectivity index (χ4n) is 1.97. The predicted molar refractivity (Wildman–Crippen MR) is 107 cm³/mol. The summed E-state index contributed by atoms with van der Waals surface area (Å²) in [4.78, 5) is 6.46. The van der Waals surface area contributed by atoms with Crippen molar-refractivity contribution in [1.29, 1.82) is 0 Å². The average Bonchev–Trinajstić information content (AvgIpc) is 2.42. The van der Waals surface area contributed by atoms with Gasteiger partial charge in [-0.2, -0.15) is 0 Å². The second kappa shape index (κ2) is 10.8. The average molecular weight is 418 g/mol. The van der Waals surface area contributed by atoms with Gasteiger partial charge in [0.1, 0.15) is 0 Å². The van der Waals surface area contributed by atoms with Gasteiger partial charge in [0.15, 0.2) is 5.96 Å². The van der Waals surface area contributed by atoms with Crippen molar-refractivity contribution in [2.24, 2.45) is 10.9 Å². The number of rotatable bonds is 6. The van der Waals surface area contributed by atoms with Gasteiger partial charge in [-0.05, 0) is 38.1 Å². The largest absolute Gasteiger partial charge is 0.354 e. The fraction of sp³-hybridized carbons (Fsp3) is 0.588. The maximum Gasteiger partial charge on any atom is 0.191 e. The predicted octanol–water partition coefficient (Wildman–Crippen LogP) is 3.08. The third-order valence-corrected chi connectivity index (χ3v) is 3.54. The lowest BCUT2D eigenvalue weighted by molar-refractivity contribution is 0.402. The Balaban J connectivity index is 0.00000441. The highest BCUT2D eigenvalue weighted by Crippen LogP contribution is 2.07. The van der Waals surface area contributed by atoms with E-state index in [1.54, 1.807) is 0 Å². The molecule has 2 N–H and O–H groups in total. The molecule has 22 heavy (non-hydrogen) atoms. The molecule has 0 heterocycles. The van der Waals surface area contributed by atoms with Crippen LogP contribution in [0.4, 0.5) is 0 Å². The first-order chi connectivity index (χ1) is 9.92. The Bertz CT molecular complexity index is 458. The third-order valence-electron chi connectivity index (χ3n) is 3.54. The van der Waals surface area contributed by atoms with E-state index in [9.17, 15) is 0 Å². The number of guanidine groups is 1. The summed E-state index contributed by atoms with van der Waals surface area (Å²) >= 11 is 0. The van der Waals surface area contributed by atoms with E-state index in [4.69, 9.17) is 0 Å². The molecule has 0 spiro atoms. The molecule has 0 bridgehead atoms. The number of hydrogen-bond acceptors (Lipinski definition) is 2. The minimum absolute atomic E-state index is 0. The van der Waals surface area contributed by atoms with Crippen LogP contribution in [-0.4, -0.2) is 38.0 Å². The van der Waals surface area contributed by atoms with Gasteiger partial charge in [0.05, 0.1) is 0 Å². The summed E-state index contributed by atoms with van der Waals surface area (Å²) < 4.78 is 0. The first-order valence-corrected chi connectivity index (χ1v) is 7.62. The SMILES string of the molecule is CN=C(NCc1cccc(CN(C)C)c1)NC(C)C(C)C.I. The zero-order valence-corrected chi connectivity index (χ0v) is 17.0. The topological polar surface area (TPSA) is 39.7 Å². The Labute approximate surface area is 152 Å². The molecule has 1 aromatic rings. The maximum atomic E-state index is 4.28. The molecular formula is C17H31IN4. The molecule has 0 amide bonds. The highest BCUT2D eigenvalue weighted by atomic mass is 127. The monoisotopic (exact) mass is 418 g/mol. The van der Waals surface area contributed by atoms with Crippen molar-refractivity contribution in [1.82, 2.24) is 15.5 Å². The minimum Gasteiger partial charge on any atom is -0.354 e. The molecule has 0 saturated carbocycles. The van der Waals surface area contributed by atoms with Gasteiger partial charge in [-0.15, -0.1) is 24.0 Å². The van der Waals surface area contributed by atoms with E-state index in [2.05, 4.69) is 79.7 Å². The van der Waals surface area contributed by atoms with Crippen LogP contribution in [0.25, 0.3) is 0 Å². The molecule has 1 aromatic carbocycles. The molecule has 0 aliphatic heterocycles. The van der Waals surface area contributed by atoms with Gasteiger partial charge in [-0.1, -0.05) is 38.1 Å². The standard InChI is InChI=1S/C17H30N4.HI/c1-13(2)14(3)20-17(18-4)19-11-15-8-7-9-16(10-15)12-21(5)6;/h7-10,13-14H,11-12H2,1-6H3,(H2,18,19,20);1H. The van der Waals surface area contributed by atoms with Crippen LogP contribution in [0, 0.1) is 5.92 Å². The van der Waals surface area contributed by atoms with Gasteiger partial charge in [0, 0.05) is 26.2 Å². The second-order valence-corrected chi connectivity index (χ2v) is 6.16. The molecule has 0 fully saturated rings. The molecular weight excluding hydrogens is 387 g/mol. The van der Waals surface area contributed by atoms with E-state index in [1.165, 1.54) is 11.1 Å². The van der Waals surface area contributed by atoms with Crippen LogP contribution in [0.5, 0.6) is 0 Å². The Kier molecular flexibility index (Phi) is 10.4. The van der Waals surface area contributed by atoms with Crippen molar-refractivity contribution in [3.8, 4) is 0 Å². The highest BCUT2D eigenvalue weighted by Gasteiger charge is 2.08.